The summed E-state index contributed by atoms with van der Waals surface area (Å²) in [5.41, 5.74) is 11.9. The summed E-state index contributed by atoms with van der Waals surface area (Å²) in [5, 5.41) is 33.9. The number of nitrogens with zero attached hydrogens (tertiary/aromatic N) is 1. The van der Waals surface area contributed by atoms with E-state index in [1.165, 1.54) is 30.3 Å². The van der Waals surface area contributed by atoms with Crippen LogP contribution in [0.2, 0.25) is 0 Å². The molecule has 64 heavy (non-hydrogen) atoms. The quantitative estimate of drug-likeness (QED) is 0.0562. The number of carbonyl (C=O) groups is 3. The second-order valence-corrected chi connectivity index (χ2v) is 16.3. The molecule has 12 nitrogen and oxygen atoms in total. The summed E-state index contributed by atoms with van der Waals surface area (Å²) in [5.74, 6) is 4.94. The minimum Gasteiger partial charge on any atom is -0.508 e. The first kappa shape index (κ1) is 41.2. The number of phenolic OH excluding ortho intramolecular Hbond substituents is 1. The fraction of sp³-hybridized carbons (Fsp3) is 0.173. The molecule has 4 aromatic rings. The molecule has 4 aromatic carbocycles. The Hall–Kier alpha value is -8.17. The molecule has 12 heteroatoms. The number of piperidine rings is 1. The van der Waals surface area contributed by atoms with Gasteiger partial charge in [-0.15, -0.1) is 11.8 Å². The molecule has 0 unspecified atom stereocenters. The minimum absolute atomic E-state index is 0.0626. The van der Waals surface area contributed by atoms with Gasteiger partial charge in [0.1, 0.15) is 28.4 Å². The summed E-state index contributed by atoms with van der Waals surface area (Å²) in [6, 6.07) is 29.7. The van der Waals surface area contributed by atoms with Gasteiger partial charge in [0, 0.05) is 99.2 Å². The number of nitrogens with two attached hydrogens (primary N) is 1. The van der Waals surface area contributed by atoms with Crippen LogP contribution in [0.4, 0.5) is 5.69 Å². The summed E-state index contributed by atoms with van der Waals surface area (Å²) in [7, 11) is 0. The molecule has 318 valence electrons. The van der Waals surface area contributed by atoms with E-state index in [0.29, 0.717) is 88.8 Å². The van der Waals surface area contributed by atoms with Gasteiger partial charge in [0.25, 0.3) is 11.8 Å². The number of aryl methyl sites for hydroxylation is 1. The highest BCUT2D eigenvalue weighted by Gasteiger charge is 2.38. The highest BCUT2D eigenvalue weighted by Crippen LogP contribution is 2.44. The lowest BCUT2D eigenvalue weighted by Gasteiger charge is -2.42. The summed E-state index contributed by atoms with van der Waals surface area (Å²) >= 11 is 0. The number of hydrogen-bond donors (Lipinski definition) is 5. The number of carboxylic acid groups (broad SMARTS) is 1. The highest BCUT2D eigenvalue weighted by atomic mass is 16.4. The Balaban J connectivity index is 0.979. The molecular weight excluding hydrogens is 809 g/mol. The zero-order chi connectivity index (χ0) is 44.9. The predicted molar refractivity (Wildman–Crippen MR) is 244 cm³/mol. The molecule has 5 aliphatic rings. The number of likely N-dealkylation sites (tertiary alicyclic amines) is 1. The molecule has 2 aliphatic carbocycles. The van der Waals surface area contributed by atoms with E-state index in [1.54, 1.807) is 60.4 Å². The molecule has 0 spiro atoms. The Morgan fingerprint density at radius 3 is 2.14 bits per heavy atom. The van der Waals surface area contributed by atoms with E-state index in [-0.39, 0.29) is 45.5 Å². The molecule has 0 radical (unpaired) electrons. The monoisotopic (exact) mass is 850 g/mol. The van der Waals surface area contributed by atoms with Gasteiger partial charge in [-0.2, -0.15) is 0 Å². The third-order valence-electron chi connectivity index (χ3n) is 12.2. The lowest BCUT2D eigenvalue weighted by Crippen LogP contribution is -2.56. The second-order valence-electron chi connectivity index (χ2n) is 16.3. The van der Waals surface area contributed by atoms with Gasteiger partial charge in [-0.05, 0) is 123 Å². The molecule has 9 rings (SSSR count). The van der Waals surface area contributed by atoms with E-state index in [0.717, 1.165) is 27.6 Å². The van der Waals surface area contributed by atoms with E-state index in [4.69, 9.17) is 20.0 Å². The number of phenols is 1. The maximum Gasteiger partial charge on any atom is 0.336 e. The number of amides is 2. The first-order valence-corrected chi connectivity index (χ1v) is 20.8. The van der Waals surface area contributed by atoms with Crippen molar-refractivity contribution in [3.05, 3.63) is 147 Å². The summed E-state index contributed by atoms with van der Waals surface area (Å²) in [6.07, 6.45) is 2.01. The van der Waals surface area contributed by atoms with E-state index in [9.17, 15) is 29.4 Å². The van der Waals surface area contributed by atoms with Gasteiger partial charge < -0.3 is 40.4 Å². The van der Waals surface area contributed by atoms with Crippen molar-refractivity contribution in [3.8, 4) is 62.5 Å². The fourth-order valence-corrected chi connectivity index (χ4v) is 9.00. The predicted octanol–water partition coefficient (Wildman–Crippen LogP) is 9.06. The number of carbonyl (C=O) groups excluding carboxylic acids is 2. The van der Waals surface area contributed by atoms with E-state index < -0.39 is 11.5 Å². The third kappa shape index (κ3) is 7.58. The minimum atomic E-state index is -1.25. The lowest BCUT2D eigenvalue weighted by atomic mass is 9.82. The van der Waals surface area contributed by atoms with Gasteiger partial charge in [0.2, 0.25) is 0 Å². The van der Waals surface area contributed by atoms with Crippen LogP contribution in [0.25, 0.3) is 66.8 Å². The maximum atomic E-state index is 14.2. The van der Waals surface area contributed by atoms with Gasteiger partial charge in [-0.1, -0.05) is 12.1 Å². The van der Waals surface area contributed by atoms with Crippen LogP contribution in [0.5, 0.6) is 5.75 Å². The molecule has 0 bridgehead atoms. The van der Waals surface area contributed by atoms with Crippen molar-refractivity contribution in [2.45, 2.75) is 45.1 Å². The number of nitrogens with one attached hydrogen (secondary N) is 2. The molecule has 1 fully saturated rings. The van der Waals surface area contributed by atoms with Gasteiger partial charge in [0.15, 0.2) is 5.43 Å². The Morgan fingerprint density at radius 1 is 0.781 bits per heavy atom. The average Bonchev–Trinajstić information content (AvgIpc) is 3.27. The molecule has 0 aromatic heterocycles. The van der Waals surface area contributed by atoms with Crippen molar-refractivity contribution in [2.24, 2.45) is 0 Å². The SMILES string of the molecule is CC#CCCC1(NC(=O)c2ccc(-c3c4ccc(=N)cc-4oc4cc(N)ccc34)c(C)c2)CCN(C(=O)c2ccc(-c3c4ccc(=O)cc-4oc4cc(O)ccc34)c(C(=O)O)c2)CC1. The Labute approximate surface area is 366 Å². The van der Waals surface area contributed by atoms with Crippen molar-refractivity contribution >= 4 is 45.4 Å². The average molecular weight is 851 g/mol. The summed E-state index contributed by atoms with van der Waals surface area (Å²) in [6.45, 7) is 4.34. The molecule has 2 amide bonds. The summed E-state index contributed by atoms with van der Waals surface area (Å²) < 4.78 is 12.1. The molecule has 0 saturated carbocycles. The maximum absolute atomic E-state index is 14.2. The van der Waals surface area contributed by atoms with Crippen molar-refractivity contribution in [3.63, 3.8) is 0 Å². The number of hydrogen-bond acceptors (Lipinski definition) is 9. The summed E-state index contributed by atoms with van der Waals surface area (Å²) in [4.78, 5) is 55.2. The van der Waals surface area contributed by atoms with Crippen LogP contribution in [0.1, 0.15) is 69.2 Å². The molecule has 1 saturated heterocycles. The molecule has 3 aliphatic heterocycles. The van der Waals surface area contributed by atoms with Gasteiger partial charge in [0.05, 0.1) is 10.9 Å². The number of anilines is 1. The van der Waals surface area contributed by atoms with Crippen LogP contribution < -0.4 is 21.8 Å². The number of carboxylic acids is 1. The van der Waals surface area contributed by atoms with E-state index in [1.807, 2.05) is 37.3 Å². The number of fused-ring (bicyclic) bond motifs is 4. The van der Waals surface area contributed by atoms with Crippen molar-refractivity contribution in [1.82, 2.24) is 10.2 Å². The number of rotatable bonds is 8. The second kappa shape index (κ2) is 16.3. The smallest absolute Gasteiger partial charge is 0.336 e. The van der Waals surface area contributed by atoms with Crippen LogP contribution in [0, 0.1) is 24.2 Å². The number of nitrogen functional groups attached to an aromatic ring is 1. The van der Waals surface area contributed by atoms with Crippen LogP contribution in [-0.4, -0.2) is 51.5 Å². The number of aromatic hydroxyl groups is 1. The van der Waals surface area contributed by atoms with Crippen molar-refractivity contribution < 1.29 is 33.4 Å². The molecule has 0 atom stereocenters. The molecule has 3 heterocycles. The van der Waals surface area contributed by atoms with E-state index >= 15 is 0 Å². The van der Waals surface area contributed by atoms with Crippen LogP contribution in [0.15, 0.2) is 123 Å². The molecule has 6 N–H and O–H groups in total. The van der Waals surface area contributed by atoms with Crippen molar-refractivity contribution in [2.75, 3.05) is 18.8 Å². The largest absolute Gasteiger partial charge is 0.508 e. The number of benzene rings is 6. The Morgan fingerprint density at radius 2 is 1.42 bits per heavy atom. The topological polar surface area (TPSA) is 200 Å². The Bertz CT molecular complexity index is 3350. The van der Waals surface area contributed by atoms with Crippen LogP contribution >= 0.6 is 0 Å². The van der Waals surface area contributed by atoms with Gasteiger partial charge >= 0.3 is 5.97 Å². The van der Waals surface area contributed by atoms with Crippen molar-refractivity contribution in [1.29, 1.82) is 5.41 Å². The number of aromatic carboxylic acids is 1. The lowest BCUT2D eigenvalue weighted by molar-refractivity contribution is 0.0609. The normalized spacial score (nSPS) is 13.5. The zero-order valence-corrected chi connectivity index (χ0v) is 35.0. The molecular formula is C52H42N4O8. The standard InChI is InChI=1S/C52H42N4O8/c1-3-4-5-18-52(55-49(59)30-6-12-36(29(2)23-30)47-38-14-8-32(53)25-43(38)63-44-26-33(54)9-15-39(44)47)19-21-56(22-20-52)50(60)31-7-13-37(42(24-31)51(61)62)48-40-16-10-34(57)27-45(40)64-46-28-35(58)11-17-41(46)48/h6-17,23-28,53,57H,5,18-22,54H2,1-2H3,(H,55,59)(H,61,62). The van der Waals surface area contributed by atoms with Crippen LogP contribution in [0.3, 0.4) is 0 Å². The first-order valence-electron chi connectivity index (χ1n) is 20.8. The first-order chi connectivity index (χ1) is 30.8. The Kier molecular flexibility index (Phi) is 10.5. The van der Waals surface area contributed by atoms with Crippen LogP contribution in [-0.2, 0) is 0 Å². The van der Waals surface area contributed by atoms with E-state index in [2.05, 4.69) is 17.2 Å². The van der Waals surface area contributed by atoms with Gasteiger partial charge in [-0.3, -0.25) is 14.4 Å². The van der Waals surface area contributed by atoms with Gasteiger partial charge in [-0.25, -0.2) is 4.79 Å². The zero-order valence-electron chi connectivity index (χ0n) is 35.0. The highest BCUT2D eigenvalue weighted by molar-refractivity contribution is 6.09. The fourth-order valence-electron chi connectivity index (χ4n) is 9.00. The third-order valence-corrected chi connectivity index (χ3v) is 12.2.